The Morgan fingerprint density at radius 3 is 2.45 bits per heavy atom. The van der Waals surface area contributed by atoms with E-state index in [1.807, 2.05) is 12.1 Å². The molecule has 11 heteroatoms. The smallest absolute Gasteiger partial charge is 0.415 e. The number of carboxylic acid groups (broad SMARTS) is 1. The quantitative estimate of drug-likeness (QED) is 0.174. The first kappa shape index (κ1) is 32.8. The predicted molar refractivity (Wildman–Crippen MR) is 146 cm³/mol. The number of likely N-dealkylation sites (N-methyl/N-ethyl adjacent to an activating group) is 1. The van der Waals surface area contributed by atoms with E-state index in [2.05, 4.69) is 49.5 Å². The summed E-state index contributed by atoms with van der Waals surface area (Å²) in [6.07, 6.45) is 1.29. The van der Waals surface area contributed by atoms with Gasteiger partial charge in [0.05, 0.1) is 0 Å². The van der Waals surface area contributed by atoms with Gasteiger partial charge in [0.1, 0.15) is 18.2 Å². The molecule has 1 rings (SSSR count). The molecular formula is C27H45N5O6. The van der Waals surface area contributed by atoms with Gasteiger partial charge in [-0.2, -0.15) is 0 Å². The molecule has 0 radical (unpaired) electrons. The molecule has 1 aromatic rings. The van der Waals surface area contributed by atoms with Crippen LogP contribution in [-0.4, -0.2) is 92.1 Å². The van der Waals surface area contributed by atoms with Gasteiger partial charge in [0.15, 0.2) is 0 Å². The number of ether oxygens (including phenoxy) is 1. The highest BCUT2D eigenvalue weighted by Gasteiger charge is 2.22. The van der Waals surface area contributed by atoms with E-state index in [1.165, 1.54) is 4.90 Å². The average Bonchev–Trinajstić information content (AvgIpc) is 2.83. The number of carboxylic acids is 1. The van der Waals surface area contributed by atoms with Crippen molar-refractivity contribution in [2.75, 3.05) is 47.3 Å². The highest BCUT2D eigenvalue weighted by atomic mass is 16.6. The lowest BCUT2D eigenvalue weighted by Crippen LogP contribution is -2.48. The van der Waals surface area contributed by atoms with Crippen LogP contribution in [0.2, 0.25) is 0 Å². The van der Waals surface area contributed by atoms with Crippen molar-refractivity contribution >= 4 is 23.9 Å². The van der Waals surface area contributed by atoms with Crippen LogP contribution in [0.5, 0.6) is 5.75 Å². The van der Waals surface area contributed by atoms with Crippen molar-refractivity contribution in [3.05, 3.63) is 29.8 Å². The Morgan fingerprint density at radius 2 is 1.84 bits per heavy atom. The third-order valence-corrected chi connectivity index (χ3v) is 6.24. The van der Waals surface area contributed by atoms with E-state index >= 15 is 0 Å². The van der Waals surface area contributed by atoms with Gasteiger partial charge in [0, 0.05) is 26.7 Å². The van der Waals surface area contributed by atoms with Gasteiger partial charge in [-0.25, -0.2) is 4.79 Å². The number of nitrogens with one attached hydrogen (secondary N) is 2. The number of hydrogen-bond donors (Lipinski definition) is 4. The maximum Gasteiger partial charge on any atom is 0.415 e. The van der Waals surface area contributed by atoms with Gasteiger partial charge in [-0.15, -0.1) is 0 Å². The third kappa shape index (κ3) is 12.4. The van der Waals surface area contributed by atoms with Crippen LogP contribution in [0.4, 0.5) is 4.79 Å². The summed E-state index contributed by atoms with van der Waals surface area (Å²) in [4.78, 5) is 51.4. The van der Waals surface area contributed by atoms with Crippen molar-refractivity contribution in [1.82, 2.24) is 20.4 Å². The van der Waals surface area contributed by atoms with E-state index < -0.39 is 36.3 Å². The summed E-state index contributed by atoms with van der Waals surface area (Å²) in [5.74, 6) is -1.25. The molecule has 214 valence electrons. The van der Waals surface area contributed by atoms with E-state index in [4.69, 9.17) is 15.6 Å². The summed E-state index contributed by atoms with van der Waals surface area (Å²) in [5.41, 5.74) is 6.62. The summed E-state index contributed by atoms with van der Waals surface area (Å²) in [7, 11) is 5.67. The molecule has 0 saturated carbocycles. The first-order chi connectivity index (χ1) is 18.0. The summed E-state index contributed by atoms with van der Waals surface area (Å²) in [6.45, 7) is 6.08. The highest BCUT2D eigenvalue weighted by molar-refractivity contribution is 5.96. The van der Waals surface area contributed by atoms with Gasteiger partial charge in [0.2, 0.25) is 11.8 Å². The number of hydrogen-bond acceptors (Lipinski definition) is 7. The van der Waals surface area contributed by atoms with Crippen LogP contribution in [0.25, 0.3) is 0 Å². The number of unbranched alkanes of at least 4 members (excludes halogenated alkanes) is 1. The first-order valence-electron chi connectivity index (χ1n) is 13.1. The van der Waals surface area contributed by atoms with Crippen LogP contribution in [0.1, 0.15) is 57.4 Å². The topological polar surface area (TPSA) is 154 Å². The Balaban J connectivity index is 2.66. The van der Waals surface area contributed by atoms with Crippen molar-refractivity contribution in [2.45, 2.75) is 57.9 Å². The molecular weight excluding hydrogens is 490 g/mol. The number of benzene rings is 1. The molecule has 0 aromatic heterocycles. The zero-order valence-electron chi connectivity index (χ0n) is 23.4. The second-order valence-electron chi connectivity index (χ2n) is 9.88. The normalized spacial score (nSPS) is 13.3. The highest BCUT2D eigenvalue weighted by Crippen LogP contribution is 2.30. The molecule has 11 nitrogen and oxygen atoms in total. The molecule has 0 heterocycles. The number of aliphatic carboxylic acids is 1. The van der Waals surface area contributed by atoms with Crippen LogP contribution >= 0.6 is 0 Å². The zero-order valence-corrected chi connectivity index (χ0v) is 23.4. The molecule has 3 atom stereocenters. The van der Waals surface area contributed by atoms with Crippen molar-refractivity contribution in [3.63, 3.8) is 0 Å². The largest absolute Gasteiger partial charge is 0.481 e. The van der Waals surface area contributed by atoms with E-state index in [9.17, 15) is 19.2 Å². The molecule has 0 aliphatic heterocycles. The number of amides is 3. The average molecular weight is 536 g/mol. The molecule has 0 fully saturated rings. The Kier molecular flexibility index (Phi) is 15.0. The molecule has 0 unspecified atom stereocenters. The van der Waals surface area contributed by atoms with Gasteiger partial charge in [-0.05, 0) is 75.9 Å². The minimum atomic E-state index is -1.28. The molecule has 5 N–H and O–H groups in total. The maximum absolute atomic E-state index is 12.6. The molecule has 0 aliphatic carbocycles. The van der Waals surface area contributed by atoms with Crippen molar-refractivity contribution < 1.29 is 29.0 Å². The minimum absolute atomic E-state index is 0.132. The number of rotatable bonds is 17. The summed E-state index contributed by atoms with van der Waals surface area (Å²) < 4.78 is 5.57. The molecule has 3 amide bonds. The number of nitrogens with two attached hydrogens (primary N) is 1. The van der Waals surface area contributed by atoms with Gasteiger partial charge >= 0.3 is 12.1 Å². The van der Waals surface area contributed by atoms with Gasteiger partial charge in [0.25, 0.3) is 0 Å². The van der Waals surface area contributed by atoms with Crippen LogP contribution in [0, 0.1) is 5.92 Å². The SMILES string of the molecule is CC[C@@H](c1cccc(OC(=O)N(C)CCNC(=O)[C@H](CCCCN)NC(=O)CC(=O)O)c1)[C@@H](C)CN(C)C. The fourth-order valence-electron chi connectivity index (χ4n) is 4.36. The Morgan fingerprint density at radius 1 is 1.13 bits per heavy atom. The lowest BCUT2D eigenvalue weighted by molar-refractivity contribution is -0.141. The van der Waals surface area contributed by atoms with Crippen LogP contribution in [0.15, 0.2) is 24.3 Å². The molecule has 0 bridgehead atoms. The molecule has 0 spiro atoms. The van der Waals surface area contributed by atoms with E-state index in [0.717, 1.165) is 18.5 Å². The Bertz CT molecular complexity index is 910. The molecule has 38 heavy (non-hydrogen) atoms. The molecule has 0 aliphatic rings. The Hall–Kier alpha value is -3.18. The first-order valence-corrected chi connectivity index (χ1v) is 13.1. The summed E-state index contributed by atoms with van der Waals surface area (Å²) in [5, 5.41) is 13.9. The summed E-state index contributed by atoms with van der Waals surface area (Å²) >= 11 is 0. The standard InChI is InChI=1S/C27H45N5O6/c1-6-22(19(2)18-31(3)4)20-10-9-11-21(16-20)38-27(37)32(5)15-14-29-26(36)23(12-7-8-13-28)30-24(33)17-25(34)35/h9-11,16,19,22-23H,6-8,12-15,17-18,28H2,1-5H3,(H,29,36)(H,30,33)(H,34,35)/t19-,22+,23-/m0/s1. The molecule has 0 saturated heterocycles. The van der Waals surface area contributed by atoms with E-state index in [-0.39, 0.29) is 13.1 Å². The lowest BCUT2D eigenvalue weighted by Gasteiger charge is -2.26. The van der Waals surface area contributed by atoms with Gasteiger partial charge in [-0.3, -0.25) is 14.4 Å². The molecule has 1 aromatic carbocycles. The predicted octanol–water partition coefficient (Wildman–Crippen LogP) is 2.01. The second-order valence-corrected chi connectivity index (χ2v) is 9.88. The summed E-state index contributed by atoms with van der Waals surface area (Å²) in [6, 6.07) is 6.70. The van der Waals surface area contributed by atoms with E-state index in [0.29, 0.717) is 43.4 Å². The fraction of sp³-hybridized carbons (Fsp3) is 0.630. The van der Waals surface area contributed by atoms with Crippen LogP contribution in [-0.2, 0) is 14.4 Å². The number of nitrogens with zero attached hydrogens (tertiary/aromatic N) is 2. The Labute approximate surface area is 226 Å². The fourth-order valence-corrected chi connectivity index (χ4v) is 4.36. The van der Waals surface area contributed by atoms with Crippen molar-refractivity contribution in [2.24, 2.45) is 11.7 Å². The minimum Gasteiger partial charge on any atom is -0.481 e. The lowest BCUT2D eigenvalue weighted by atomic mass is 9.85. The van der Waals surface area contributed by atoms with Gasteiger partial charge < -0.3 is 36.0 Å². The van der Waals surface area contributed by atoms with E-state index in [1.54, 1.807) is 13.1 Å². The van der Waals surface area contributed by atoms with Crippen LogP contribution < -0.4 is 21.1 Å². The monoisotopic (exact) mass is 535 g/mol. The number of carbonyl (C=O) groups is 4. The number of carbonyl (C=O) groups excluding carboxylic acids is 3. The second kappa shape index (κ2) is 17.4. The van der Waals surface area contributed by atoms with Gasteiger partial charge in [-0.1, -0.05) is 26.0 Å². The zero-order chi connectivity index (χ0) is 28.7. The third-order valence-electron chi connectivity index (χ3n) is 6.24. The maximum atomic E-state index is 12.6. The van der Waals surface area contributed by atoms with Crippen molar-refractivity contribution in [1.29, 1.82) is 0 Å². The van der Waals surface area contributed by atoms with Crippen molar-refractivity contribution in [3.8, 4) is 5.75 Å². The van der Waals surface area contributed by atoms with Crippen LogP contribution in [0.3, 0.4) is 0 Å².